The molecule has 0 saturated carbocycles. The van der Waals surface area contributed by atoms with Gasteiger partial charge in [-0.1, -0.05) is 74.5 Å². The van der Waals surface area contributed by atoms with E-state index in [0.29, 0.717) is 32.8 Å². The predicted molar refractivity (Wildman–Crippen MR) is 118 cm³/mol. The van der Waals surface area contributed by atoms with Crippen molar-refractivity contribution in [3.63, 3.8) is 0 Å². The van der Waals surface area contributed by atoms with Gasteiger partial charge in [0.1, 0.15) is 11.9 Å². The van der Waals surface area contributed by atoms with Crippen molar-refractivity contribution in [3.8, 4) is 0 Å². The van der Waals surface area contributed by atoms with Crippen molar-refractivity contribution < 1.29 is 19.0 Å². The summed E-state index contributed by atoms with van der Waals surface area (Å²) in [5.41, 5.74) is 1.95. The molecule has 0 aliphatic carbocycles. The van der Waals surface area contributed by atoms with E-state index in [-0.39, 0.29) is 17.3 Å². The van der Waals surface area contributed by atoms with Crippen LogP contribution in [0.3, 0.4) is 0 Å². The number of allylic oxidation sites excluding steroid dienone is 1. The topological polar surface area (TPSA) is 44.8 Å². The SMILES string of the molecule is CC(C)(COCc1ccccc1)C1=CC(=O)CC(CCCOCc2ccccc2)O1. The molecule has 4 heteroatoms. The molecule has 0 saturated heterocycles. The van der Waals surface area contributed by atoms with Crippen molar-refractivity contribution in [2.24, 2.45) is 5.41 Å². The standard InChI is InChI=1S/C26H32O4/c1-26(2,20-29-19-22-12-7-4-8-13-22)25-17-23(27)16-24(30-25)14-9-15-28-18-21-10-5-3-6-11-21/h3-8,10-13,17,24H,9,14-16,18-20H2,1-2H3. The number of carbonyl (C=O) groups is 1. The summed E-state index contributed by atoms with van der Waals surface area (Å²) in [6, 6.07) is 20.2. The van der Waals surface area contributed by atoms with E-state index in [1.807, 2.05) is 48.5 Å². The highest BCUT2D eigenvalue weighted by Crippen LogP contribution is 2.33. The third-order valence-corrected chi connectivity index (χ3v) is 5.18. The molecular formula is C26H32O4. The van der Waals surface area contributed by atoms with Crippen molar-refractivity contribution in [2.45, 2.75) is 52.4 Å². The van der Waals surface area contributed by atoms with E-state index < -0.39 is 0 Å². The smallest absolute Gasteiger partial charge is 0.162 e. The molecule has 0 fully saturated rings. The first-order valence-electron chi connectivity index (χ1n) is 10.7. The van der Waals surface area contributed by atoms with Gasteiger partial charge in [-0.05, 0) is 24.0 Å². The molecule has 3 rings (SSSR count). The Morgan fingerprint density at radius 3 is 2.17 bits per heavy atom. The zero-order valence-electron chi connectivity index (χ0n) is 18.0. The Morgan fingerprint density at radius 1 is 0.933 bits per heavy atom. The van der Waals surface area contributed by atoms with Crippen LogP contribution >= 0.6 is 0 Å². The quantitative estimate of drug-likeness (QED) is 0.463. The molecule has 0 bridgehead atoms. The Bertz CT molecular complexity index is 811. The molecule has 1 atom stereocenters. The summed E-state index contributed by atoms with van der Waals surface area (Å²) in [5.74, 6) is 0.851. The normalized spacial score (nSPS) is 16.8. The van der Waals surface area contributed by atoms with Crippen molar-refractivity contribution in [1.29, 1.82) is 0 Å². The van der Waals surface area contributed by atoms with Gasteiger partial charge in [-0.15, -0.1) is 0 Å². The lowest BCUT2D eigenvalue weighted by Gasteiger charge is -2.33. The molecular weight excluding hydrogens is 376 g/mol. The van der Waals surface area contributed by atoms with Gasteiger partial charge in [0, 0.05) is 24.5 Å². The third-order valence-electron chi connectivity index (χ3n) is 5.18. The molecule has 160 valence electrons. The Morgan fingerprint density at radius 2 is 1.53 bits per heavy atom. The second kappa shape index (κ2) is 11.1. The monoisotopic (exact) mass is 408 g/mol. The molecule has 1 unspecified atom stereocenters. The predicted octanol–water partition coefficient (Wildman–Crippen LogP) is 5.47. The van der Waals surface area contributed by atoms with Gasteiger partial charge >= 0.3 is 0 Å². The van der Waals surface area contributed by atoms with E-state index in [1.54, 1.807) is 6.08 Å². The summed E-state index contributed by atoms with van der Waals surface area (Å²) in [4.78, 5) is 12.3. The van der Waals surface area contributed by atoms with Crippen molar-refractivity contribution in [2.75, 3.05) is 13.2 Å². The lowest BCUT2D eigenvalue weighted by Crippen LogP contribution is -2.31. The van der Waals surface area contributed by atoms with Gasteiger partial charge in [-0.3, -0.25) is 4.79 Å². The van der Waals surface area contributed by atoms with Crippen LogP contribution < -0.4 is 0 Å². The highest BCUT2D eigenvalue weighted by Gasteiger charge is 2.32. The minimum absolute atomic E-state index is 0.0915. The highest BCUT2D eigenvalue weighted by molar-refractivity contribution is 5.91. The van der Waals surface area contributed by atoms with Crippen LogP contribution in [0.1, 0.15) is 44.2 Å². The van der Waals surface area contributed by atoms with Crippen LogP contribution in [0.4, 0.5) is 0 Å². The maximum Gasteiger partial charge on any atom is 0.162 e. The van der Waals surface area contributed by atoms with Crippen LogP contribution in [0.5, 0.6) is 0 Å². The average molecular weight is 409 g/mol. The molecule has 2 aromatic rings. The number of rotatable bonds is 11. The summed E-state index contributed by atoms with van der Waals surface area (Å²) in [5, 5.41) is 0. The minimum atomic E-state index is -0.354. The lowest BCUT2D eigenvalue weighted by molar-refractivity contribution is -0.120. The molecule has 30 heavy (non-hydrogen) atoms. The van der Waals surface area contributed by atoms with Gasteiger partial charge < -0.3 is 14.2 Å². The van der Waals surface area contributed by atoms with Crippen molar-refractivity contribution in [1.82, 2.24) is 0 Å². The number of hydrogen-bond donors (Lipinski definition) is 0. The van der Waals surface area contributed by atoms with Gasteiger partial charge in [0.2, 0.25) is 0 Å². The fourth-order valence-electron chi connectivity index (χ4n) is 3.45. The Labute approximate surface area is 179 Å². The third kappa shape index (κ3) is 7.12. The molecule has 1 heterocycles. The van der Waals surface area contributed by atoms with E-state index in [9.17, 15) is 4.79 Å². The summed E-state index contributed by atoms with van der Waals surface area (Å²) >= 11 is 0. The van der Waals surface area contributed by atoms with E-state index in [2.05, 4.69) is 26.0 Å². The molecule has 0 radical (unpaired) electrons. The Hall–Kier alpha value is -2.43. The largest absolute Gasteiger partial charge is 0.494 e. The van der Waals surface area contributed by atoms with Crippen LogP contribution in [0, 0.1) is 5.41 Å². The van der Waals surface area contributed by atoms with E-state index in [1.165, 1.54) is 5.56 Å². The Balaban J connectivity index is 1.41. The molecule has 4 nitrogen and oxygen atoms in total. The molecule has 0 spiro atoms. The van der Waals surface area contributed by atoms with Crippen molar-refractivity contribution >= 4 is 5.78 Å². The molecule has 2 aromatic carbocycles. The number of ketones is 1. The van der Waals surface area contributed by atoms with Gasteiger partial charge in [-0.2, -0.15) is 0 Å². The van der Waals surface area contributed by atoms with Crippen LogP contribution in [-0.4, -0.2) is 25.1 Å². The van der Waals surface area contributed by atoms with Crippen molar-refractivity contribution in [3.05, 3.63) is 83.6 Å². The first-order chi connectivity index (χ1) is 14.5. The lowest BCUT2D eigenvalue weighted by atomic mass is 9.88. The van der Waals surface area contributed by atoms with E-state index in [4.69, 9.17) is 14.2 Å². The highest BCUT2D eigenvalue weighted by atomic mass is 16.5. The number of benzene rings is 2. The fraction of sp³-hybridized carbons (Fsp3) is 0.423. The zero-order valence-corrected chi connectivity index (χ0v) is 18.0. The minimum Gasteiger partial charge on any atom is -0.494 e. The summed E-state index contributed by atoms with van der Waals surface area (Å²) in [6.07, 6.45) is 3.66. The van der Waals surface area contributed by atoms with E-state index in [0.717, 1.165) is 24.2 Å². The van der Waals surface area contributed by atoms with Crippen LogP contribution in [0.15, 0.2) is 72.5 Å². The molecule has 1 aliphatic rings. The second-order valence-electron chi connectivity index (χ2n) is 8.46. The molecule has 1 aliphatic heterocycles. The summed E-state index contributed by atoms with van der Waals surface area (Å²) < 4.78 is 17.9. The first-order valence-corrected chi connectivity index (χ1v) is 10.7. The zero-order chi connectivity index (χ0) is 21.2. The maximum atomic E-state index is 12.3. The van der Waals surface area contributed by atoms with Gasteiger partial charge in [0.05, 0.1) is 19.8 Å². The van der Waals surface area contributed by atoms with Crippen LogP contribution in [0.2, 0.25) is 0 Å². The fourth-order valence-corrected chi connectivity index (χ4v) is 3.45. The van der Waals surface area contributed by atoms with Crippen LogP contribution in [0.25, 0.3) is 0 Å². The van der Waals surface area contributed by atoms with E-state index >= 15 is 0 Å². The molecule has 0 amide bonds. The number of hydrogen-bond acceptors (Lipinski definition) is 4. The van der Waals surface area contributed by atoms with Crippen LogP contribution in [-0.2, 0) is 32.2 Å². The average Bonchev–Trinajstić information content (AvgIpc) is 2.74. The second-order valence-corrected chi connectivity index (χ2v) is 8.46. The van der Waals surface area contributed by atoms with Gasteiger partial charge in [0.15, 0.2) is 5.78 Å². The maximum absolute atomic E-state index is 12.3. The summed E-state index contributed by atoms with van der Waals surface area (Å²) in [7, 11) is 0. The van der Waals surface area contributed by atoms with Gasteiger partial charge in [0.25, 0.3) is 0 Å². The Kier molecular flexibility index (Phi) is 8.23. The summed E-state index contributed by atoms with van der Waals surface area (Å²) in [6.45, 7) is 6.43. The van der Waals surface area contributed by atoms with Gasteiger partial charge in [-0.25, -0.2) is 0 Å². The first kappa shape index (κ1) is 22.3. The number of ether oxygens (including phenoxy) is 3. The number of carbonyl (C=O) groups excluding carboxylic acids is 1. The molecule has 0 N–H and O–H groups in total. The molecule has 0 aromatic heterocycles.